The monoisotopic (exact) mass is 472 g/mol. The topological polar surface area (TPSA) is 116 Å². The van der Waals surface area contributed by atoms with Crippen molar-refractivity contribution in [1.29, 1.82) is 0 Å². The van der Waals surface area contributed by atoms with E-state index in [9.17, 15) is 18.0 Å². The predicted molar refractivity (Wildman–Crippen MR) is 125 cm³/mol. The molecule has 2 saturated heterocycles. The SMILES string of the molecule is CCOC(=O)c1c[nH]c2c(=O)[nH]c3ccc(S(=O)(=O)N4CCC[C@H]4CN4CCCC4)cc3c12. The summed E-state index contributed by atoms with van der Waals surface area (Å²) in [6.45, 7) is 5.20. The number of ether oxygens (including phenoxy) is 1. The van der Waals surface area contributed by atoms with Gasteiger partial charge in [0.15, 0.2) is 0 Å². The number of nitrogens with one attached hydrogen (secondary N) is 2. The molecule has 176 valence electrons. The number of fused-ring (bicyclic) bond motifs is 3. The second-order valence-corrected chi connectivity index (χ2v) is 10.6. The van der Waals surface area contributed by atoms with Crippen molar-refractivity contribution in [2.75, 3.05) is 32.8 Å². The molecule has 2 fully saturated rings. The summed E-state index contributed by atoms with van der Waals surface area (Å²) in [6.07, 6.45) is 5.46. The quantitative estimate of drug-likeness (QED) is 0.533. The third kappa shape index (κ3) is 3.85. The molecule has 10 heteroatoms. The molecule has 0 bridgehead atoms. The molecule has 2 aliphatic heterocycles. The summed E-state index contributed by atoms with van der Waals surface area (Å²) < 4.78 is 34.1. The molecular weight excluding hydrogens is 444 g/mol. The van der Waals surface area contributed by atoms with Gasteiger partial charge < -0.3 is 19.6 Å². The summed E-state index contributed by atoms with van der Waals surface area (Å²) in [5.41, 5.74) is 0.513. The van der Waals surface area contributed by atoms with Crippen LogP contribution in [-0.4, -0.2) is 72.4 Å². The number of sulfonamides is 1. The van der Waals surface area contributed by atoms with Gasteiger partial charge in [0.05, 0.1) is 17.1 Å². The standard InChI is InChI=1S/C23H28N4O5S/c1-2-32-23(29)18-13-24-21-20(18)17-12-16(7-8-19(17)25-22(21)28)33(30,31)27-11-5-6-15(27)14-26-9-3-4-10-26/h7-8,12-13,15,24H,2-6,9-11,14H2,1H3,(H,25,28)/t15-/m0/s1. The van der Waals surface area contributed by atoms with Crippen LogP contribution in [0.5, 0.6) is 0 Å². The first-order chi connectivity index (χ1) is 15.9. The van der Waals surface area contributed by atoms with Crippen molar-refractivity contribution in [2.45, 2.75) is 43.5 Å². The zero-order chi connectivity index (χ0) is 23.2. The number of carbonyl (C=O) groups is 1. The first-order valence-corrected chi connectivity index (χ1v) is 12.9. The van der Waals surface area contributed by atoms with Crippen molar-refractivity contribution in [3.8, 4) is 0 Å². The molecule has 3 aromatic rings. The molecule has 5 rings (SSSR count). The average Bonchev–Trinajstić information content (AvgIpc) is 3.55. The van der Waals surface area contributed by atoms with Crippen molar-refractivity contribution >= 4 is 37.8 Å². The molecule has 1 atom stereocenters. The fraction of sp³-hybridized carbons (Fsp3) is 0.478. The van der Waals surface area contributed by atoms with Crippen molar-refractivity contribution in [2.24, 2.45) is 0 Å². The van der Waals surface area contributed by atoms with Crippen LogP contribution < -0.4 is 5.56 Å². The summed E-state index contributed by atoms with van der Waals surface area (Å²) in [4.78, 5) is 33.1. The number of esters is 1. The molecule has 0 radical (unpaired) electrons. The van der Waals surface area contributed by atoms with E-state index in [1.807, 2.05) is 0 Å². The maximum atomic E-state index is 13.7. The highest BCUT2D eigenvalue weighted by atomic mass is 32.2. The van der Waals surface area contributed by atoms with Gasteiger partial charge in [-0.1, -0.05) is 0 Å². The van der Waals surface area contributed by atoms with Crippen molar-refractivity contribution < 1.29 is 17.9 Å². The zero-order valence-electron chi connectivity index (χ0n) is 18.6. The van der Waals surface area contributed by atoms with Gasteiger partial charge in [-0.05, 0) is 63.9 Å². The Bertz CT molecular complexity index is 1370. The van der Waals surface area contributed by atoms with Gasteiger partial charge in [-0.25, -0.2) is 13.2 Å². The minimum Gasteiger partial charge on any atom is -0.462 e. The molecule has 1 aromatic carbocycles. The van der Waals surface area contributed by atoms with Gasteiger partial charge in [0, 0.05) is 41.6 Å². The lowest BCUT2D eigenvalue weighted by atomic mass is 10.1. The van der Waals surface area contributed by atoms with Crippen molar-refractivity contribution in [1.82, 2.24) is 19.2 Å². The fourth-order valence-electron chi connectivity index (χ4n) is 5.14. The molecule has 2 aromatic heterocycles. The van der Waals surface area contributed by atoms with E-state index in [1.54, 1.807) is 23.4 Å². The molecule has 4 heterocycles. The van der Waals surface area contributed by atoms with Crippen LogP contribution in [0, 0.1) is 0 Å². The van der Waals surface area contributed by atoms with E-state index in [-0.39, 0.29) is 34.2 Å². The van der Waals surface area contributed by atoms with Crippen LogP contribution in [-0.2, 0) is 14.8 Å². The third-order valence-electron chi connectivity index (χ3n) is 6.71. The van der Waals surface area contributed by atoms with Crippen molar-refractivity contribution in [3.63, 3.8) is 0 Å². The van der Waals surface area contributed by atoms with Crippen molar-refractivity contribution in [3.05, 3.63) is 40.3 Å². The maximum absolute atomic E-state index is 13.7. The number of H-pyrrole nitrogens is 2. The Kier molecular flexibility index (Phi) is 5.75. The number of benzene rings is 1. The minimum atomic E-state index is -3.74. The van der Waals surface area contributed by atoms with Crippen LogP contribution >= 0.6 is 0 Å². The second kappa shape index (κ2) is 8.58. The molecule has 0 aliphatic carbocycles. The third-order valence-corrected chi connectivity index (χ3v) is 8.66. The average molecular weight is 473 g/mol. The van der Waals surface area contributed by atoms with Crippen LogP contribution in [0.15, 0.2) is 34.1 Å². The van der Waals surface area contributed by atoms with Crippen LogP contribution in [0.4, 0.5) is 0 Å². The van der Waals surface area contributed by atoms with Gasteiger partial charge in [0.25, 0.3) is 5.56 Å². The van der Waals surface area contributed by atoms with Crippen LogP contribution in [0.25, 0.3) is 21.8 Å². The van der Waals surface area contributed by atoms with Gasteiger partial charge in [-0.3, -0.25) is 4.79 Å². The molecule has 0 amide bonds. The lowest BCUT2D eigenvalue weighted by molar-refractivity contribution is 0.0529. The summed E-state index contributed by atoms with van der Waals surface area (Å²) in [5.74, 6) is -0.561. The first kappa shape index (κ1) is 22.1. The Morgan fingerprint density at radius 1 is 1.18 bits per heavy atom. The molecule has 2 aliphatic rings. The number of hydrogen-bond acceptors (Lipinski definition) is 6. The molecule has 0 spiro atoms. The molecule has 0 unspecified atom stereocenters. The number of aromatic nitrogens is 2. The largest absolute Gasteiger partial charge is 0.462 e. The summed E-state index contributed by atoms with van der Waals surface area (Å²) in [7, 11) is -3.74. The van der Waals surface area contributed by atoms with E-state index in [0.717, 1.165) is 45.3 Å². The van der Waals surface area contributed by atoms with Crippen LogP contribution in [0.2, 0.25) is 0 Å². The normalized spacial score (nSPS) is 20.2. The number of nitrogens with zero attached hydrogens (tertiary/aromatic N) is 2. The van der Waals surface area contributed by atoms with E-state index in [4.69, 9.17) is 4.74 Å². The first-order valence-electron chi connectivity index (χ1n) is 11.5. The number of rotatable bonds is 6. The minimum absolute atomic E-state index is 0.0400. The lowest BCUT2D eigenvalue weighted by Gasteiger charge is -2.28. The molecule has 9 nitrogen and oxygen atoms in total. The van der Waals surface area contributed by atoms with E-state index >= 15 is 0 Å². The Morgan fingerprint density at radius 3 is 2.73 bits per heavy atom. The highest BCUT2D eigenvalue weighted by Crippen LogP contribution is 2.31. The van der Waals surface area contributed by atoms with Gasteiger partial charge in [-0.15, -0.1) is 0 Å². The van der Waals surface area contributed by atoms with E-state index in [0.29, 0.717) is 22.8 Å². The number of pyridine rings is 1. The van der Waals surface area contributed by atoms with E-state index < -0.39 is 16.0 Å². The fourth-order valence-corrected chi connectivity index (χ4v) is 6.85. The molecule has 2 N–H and O–H groups in total. The van der Waals surface area contributed by atoms with E-state index in [1.165, 1.54) is 12.3 Å². The number of aromatic amines is 2. The molecule has 0 saturated carbocycles. The van der Waals surface area contributed by atoms with Gasteiger partial charge in [0.1, 0.15) is 5.52 Å². The number of carbonyl (C=O) groups excluding carboxylic acids is 1. The van der Waals surface area contributed by atoms with Crippen LogP contribution in [0.1, 0.15) is 43.0 Å². The molecule has 33 heavy (non-hydrogen) atoms. The lowest BCUT2D eigenvalue weighted by Crippen LogP contribution is -2.42. The maximum Gasteiger partial charge on any atom is 0.340 e. The molecular formula is C23H28N4O5S. The summed E-state index contributed by atoms with van der Waals surface area (Å²) in [5, 5.41) is 0.865. The summed E-state index contributed by atoms with van der Waals surface area (Å²) >= 11 is 0. The second-order valence-electron chi connectivity index (χ2n) is 8.75. The highest BCUT2D eigenvalue weighted by molar-refractivity contribution is 7.89. The van der Waals surface area contributed by atoms with Gasteiger partial charge in [-0.2, -0.15) is 4.31 Å². The van der Waals surface area contributed by atoms with Crippen LogP contribution in [0.3, 0.4) is 0 Å². The predicted octanol–water partition coefficient (Wildman–Crippen LogP) is 2.43. The Balaban J connectivity index is 1.58. The highest BCUT2D eigenvalue weighted by Gasteiger charge is 2.36. The zero-order valence-corrected chi connectivity index (χ0v) is 19.4. The Labute approximate surface area is 191 Å². The Morgan fingerprint density at radius 2 is 1.97 bits per heavy atom. The smallest absolute Gasteiger partial charge is 0.340 e. The van der Waals surface area contributed by atoms with E-state index in [2.05, 4.69) is 14.9 Å². The number of likely N-dealkylation sites (tertiary alicyclic amines) is 1. The van der Waals surface area contributed by atoms with Gasteiger partial charge >= 0.3 is 5.97 Å². The number of hydrogen-bond donors (Lipinski definition) is 2. The van der Waals surface area contributed by atoms with Gasteiger partial charge in [0.2, 0.25) is 10.0 Å². The summed E-state index contributed by atoms with van der Waals surface area (Å²) in [6, 6.07) is 4.64. The Hall–Kier alpha value is -2.69.